The Morgan fingerprint density at radius 1 is 1.27 bits per heavy atom. The molecule has 2 amide bonds. The summed E-state index contributed by atoms with van der Waals surface area (Å²) in [5.74, 6) is 0.474. The number of nitrogens with two attached hydrogens (primary N) is 1. The molecule has 6 N–H and O–H groups in total. The average Bonchev–Trinajstić information content (AvgIpc) is 3.40. The van der Waals surface area contributed by atoms with E-state index in [2.05, 4.69) is 46.4 Å². The quantitative estimate of drug-likeness (QED) is 0.266. The Bertz CT molecular complexity index is 1280. The van der Waals surface area contributed by atoms with Crippen LogP contribution >= 0.6 is 0 Å². The number of urea groups is 1. The molecule has 4 atom stereocenters. The van der Waals surface area contributed by atoms with Crippen LogP contribution in [0.5, 0.6) is 0 Å². The molecule has 1 saturated heterocycles. The van der Waals surface area contributed by atoms with E-state index in [4.69, 9.17) is 10.5 Å². The van der Waals surface area contributed by atoms with Gasteiger partial charge >= 0.3 is 6.03 Å². The minimum absolute atomic E-state index is 0.0273. The van der Waals surface area contributed by atoms with Crippen molar-refractivity contribution >= 4 is 39.5 Å². The monoisotopic (exact) mass is 531 g/mol. The summed E-state index contributed by atoms with van der Waals surface area (Å²) in [4.78, 5) is 24.2. The topological polar surface area (TPSA) is 178 Å². The first-order valence-electron chi connectivity index (χ1n) is 12.0. The van der Waals surface area contributed by atoms with Crippen LogP contribution in [-0.4, -0.2) is 76.8 Å². The number of imidazole rings is 1. The fourth-order valence-corrected chi connectivity index (χ4v) is 5.40. The molecule has 37 heavy (non-hydrogen) atoms. The highest BCUT2D eigenvalue weighted by Crippen LogP contribution is 2.33. The number of aliphatic hydroxyl groups excluding tert-OH is 1. The van der Waals surface area contributed by atoms with E-state index in [0.29, 0.717) is 29.9 Å². The SMILES string of the molecule is CC(C)(C)c1ccc(NC(=O)NCCCS(=O)CC2OCC(O)(n3cnc4c(N)ncnc43)C2O)cc1. The Hall–Kier alpha value is -3.13. The van der Waals surface area contributed by atoms with Gasteiger partial charge in [-0.2, -0.15) is 0 Å². The lowest BCUT2D eigenvalue weighted by atomic mass is 9.87. The first-order chi connectivity index (χ1) is 17.5. The Morgan fingerprint density at radius 3 is 2.70 bits per heavy atom. The molecule has 1 aliphatic rings. The molecule has 200 valence electrons. The highest BCUT2D eigenvalue weighted by Gasteiger charge is 2.50. The number of aromatic nitrogens is 4. The lowest BCUT2D eigenvalue weighted by molar-refractivity contribution is -0.107. The minimum atomic E-state index is -1.84. The first kappa shape index (κ1) is 26.9. The zero-order chi connectivity index (χ0) is 26.8. The fourth-order valence-electron chi connectivity index (χ4n) is 4.12. The van der Waals surface area contributed by atoms with E-state index >= 15 is 0 Å². The summed E-state index contributed by atoms with van der Waals surface area (Å²) < 4.78 is 19.5. The summed E-state index contributed by atoms with van der Waals surface area (Å²) in [6.07, 6.45) is 0.814. The lowest BCUT2D eigenvalue weighted by Gasteiger charge is -2.27. The number of aliphatic hydroxyl groups is 2. The zero-order valence-corrected chi connectivity index (χ0v) is 21.9. The van der Waals surface area contributed by atoms with Gasteiger partial charge < -0.3 is 31.3 Å². The summed E-state index contributed by atoms with van der Waals surface area (Å²) in [7, 11) is -1.34. The van der Waals surface area contributed by atoms with E-state index in [1.165, 1.54) is 22.8 Å². The van der Waals surface area contributed by atoms with E-state index in [9.17, 15) is 19.2 Å². The van der Waals surface area contributed by atoms with Crippen molar-refractivity contribution in [2.24, 2.45) is 0 Å². The molecular weight excluding hydrogens is 498 g/mol. The average molecular weight is 532 g/mol. The second kappa shape index (κ2) is 10.7. The number of nitrogens with one attached hydrogen (secondary N) is 2. The molecule has 12 nitrogen and oxygen atoms in total. The standard InChI is InChI=1S/C24H33N7O5S/c1-23(2,3)15-5-7-16(8-6-15)30-22(33)26-9-4-10-37(35)11-17-19(32)24(34,12-36-17)31-14-29-18-20(25)27-13-28-21(18)31/h5-8,13-14,17,19,32,34H,4,9-12H2,1-3H3,(H2,25,27,28)(H2,26,30,33). The number of carbonyl (C=O) groups is 1. The number of amides is 2. The van der Waals surface area contributed by atoms with E-state index in [1.807, 2.05) is 24.3 Å². The molecular formula is C24H33N7O5S. The number of ether oxygens (including phenoxy) is 1. The fraction of sp³-hybridized carbons (Fsp3) is 0.500. The summed E-state index contributed by atoms with van der Waals surface area (Å²) in [5.41, 5.74) is 6.42. The van der Waals surface area contributed by atoms with Crippen molar-refractivity contribution < 1.29 is 24.0 Å². The summed E-state index contributed by atoms with van der Waals surface area (Å²) in [6.45, 7) is 6.47. The number of anilines is 2. The molecule has 1 fully saturated rings. The van der Waals surface area contributed by atoms with Crippen LogP contribution in [0.15, 0.2) is 36.9 Å². The largest absolute Gasteiger partial charge is 0.385 e. The second-order valence-corrected chi connectivity index (χ2v) is 11.7. The van der Waals surface area contributed by atoms with Gasteiger partial charge in [0.1, 0.15) is 17.9 Å². The van der Waals surface area contributed by atoms with Crippen molar-refractivity contribution in [2.45, 2.75) is 50.5 Å². The Labute approximate surface area is 217 Å². The minimum Gasteiger partial charge on any atom is -0.385 e. The highest BCUT2D eigenvalue weighted by molar-refractivity contribution is 7.85. The molecule has 2 aromatic heterocycles. The van der Waals surface area contributed by atoms with Gasteiger partial charge in [0.25, 0.3) is 0 Å². The predicted octanol–water partition coefficient (Wildman–Crippen LogP) is 1.07. The number of nitrogen functional groups attached to an aromatic ring is 1. The number of hydrogen-bond donors (Lipinski definition) is 5. The van der Waals surface area contributed by atoms with Crippen LogP contribution in [0.4, 0.5) is 16.3 Å². The molecule has 4 unspecified atom stereocenters. The number of rotatable bonds is 8. The van der Waals surface area contributed by atoms with Gasteiger partial charge in [-0.15, -0.1) is 0 Å². The number of carbonyl (C=O) groups excluding carboxylic acids is 1. The summed E-state index contributed by atoms with van der Waals surface area (Å²) in [6, 6.07) is 7.34. The smallest absolute Gasteiger partial charge is 0.319 e. The normalized spacial score (nSPS) is 22.7. The third kappa shape index (κ3) is 5.90. The predicted molar refractivity (Wildman–Crippen MR) is 140 cm³/mol. The number of hydrogen-bond acceptors (Lipinski definition) is 9. The number of fused-ring (bicyclic) bond motifs is 1. The highest BCUT2D eigenvalue weighted by atomic mass is 32.2. The van der Waals surface area contributed by atoms with E-state index in [-0.39, 0.29) is 35.3 Å². The van der Waals surface area contributed by atoms with Gasteiger partial charge in [-0.3, -0.25) is 8.78 Å². The van der Waals surface area contributed by atoms with Crippen LogP contribution in [-0.2, 0) is 26.7 Å². The van der Waals surface area contributed by atoms with Crippen LogP contribution in [0.3, 0.4) is 0 Å². The van der Waals surface area contributed by atoms with Crippen LogP contribution < -0.4 is 16.4 Å². The molecule has 1 aromatic carbocycles. The third-order valence-electron chi connectivity index (χ3n) is 6.31. The Balaban J connectivity index is 1.22. The maximum atomic E-state index is 12.6. The van der Waals surface area contributed by atoms with Crippen molar-refractivity contribution in [1.29, 1.82) is 0 Å². The van der Waals surface area contributed by atoms with Crippen molar-refractivity contribution in [2.75, 3.05) is 35.7 Å². The third-order valence-corrected chi connectivity index (χ3v) is 7.75. The second-order valence-electron chi connectivity index (χ2n) is 10.1. The number of benzene rings is 1. The van der Waals surface area contributed by atoms with Crippen molar-refractivity contribution in [3.63, 3.8) is 0 Å². The number of nitrogens with zero attached hydrogens (tertiary/aromatic N) is 4. The molecule has 3 aromatic rings. The molecule has 13 heteroatoms. The van der Waals surface area contributed by atoms with E-state index in [1.54, 1.807) is 0 Å². The van der Waals surface area contributed by atoms with Gasteiger partial charge in [-0.05, 0) is 29.5 Å². The Morgan fingerprint density at radius 2 is 2.00 bits per heavy atom. The lowest BCUT2D eigenvalue weighted by Crippen LogP contribution is -2.47. The maximum Gasteiger partial charge on any atom is 0.319 e. The van der Waals surface area contributed by atoms with Gasteiger partial charge in [0.2, 0.25) is 0 Å². The molecule has 0 bridgehead atoms. The van der Waals surface area contributed by atoms with Crippen LogP contribution in [0.2, 0.25) is 0 Å². The van der Waals surface area contributed by atoms with Gasteiger partial charge in [0.05, 0.1) is 24.8 Å². The van der Waals surface area contributed by atoms with Crippen molar-refractivity contribution in [3.05, 3.63) is 42.5 Å². The van der Waals surface area contributed by atoms with Gasteiger partial charge in [0, 0.05) is 28.8 Å². The van der Waals surface area contributed by atoms with Crippen LogP contribution in [0, 0.1) is 0 Å². The Kier molecular flexibility index (Phi) is 7.78. The molecule has 0 saturated carbocycles. The van der Waals surface area contributed by atoms with E-state index in [0.717, 1.165) is 0 Å². The summed E-state index contributed by atoms with van der Waals surface area (Å²) >= 11 is 0. The summed E-state index contributed by atoms with van der Waals surface area (Å²) in [5, 5.41) is 27.5. The maximum absolute atomic E-state index is 12.6. The van der Waals surface area contributed by atoms with Crippen LogP contribution in [0.1, 0.15) is 32.8 Å². The van der Waals surface area contributed by atoms with E-state index < -0.39 is 28.7 Å². The molecule has 0 radical (unpaired) electrons. The molecule has 4 rings (SSSR count). The van der Waals surface area contributed by atoms with Gasteiger partial charge in [0.15, 0.2) is 17.2 Å². The van der Waals surface area contributed by atoms with Gasteiger partial charge in [-0.25, -0.2) is 19.7 Å². The molecule has 0 aliphatic carbocycles. The zero-order valence-electron chi connectivity index (χ0n) is 21.0. The van der Waals surface area contributed by atoms with Gasteiger partial charge in [-0.1, -0.05) is 32.9 Å². The van der Waals surface area contributed by atoms with Crippen molar-refractivity contribution in [3.8, 4) is 0 Å². The van der Waals surface area contributed by atoms with Crippen molar-refractivity contribution in [1.82, 2.24) is 24.8 Å². The molecule has 1 aliphatic heterocycles. The van der Waals surface area contributed by atoms with Crippen LogP contribution in [0.25, 0.3) is 11.2 Å². The first-order valence-corrected chi connectivity index (χ1v) is 13.4. The molecule has 0 spiro atoms. The molecule has 3 heterocycles.